The molecular formula is C12H18ClNO4S. The molecule has 1 aromatic carbocycles. The van der Waals surface area contributed by atoms with Crippen molar-refractivity contribution in [3.05, 3.63) is 18.2 Å². The van der Waals surface area contributed by atoms with Gasteiger partial charge in [-0.2, -0.15) is 0 Å². The molecule has 0 spiro atoms. The lowest BCUT2D eigenvalue weighted by Gasteiger charge is -2.12. The van der Waals surface area contributed by atoms with Gasteiger partial charge in [-0.1, -0.05) is 0 Å². The topological polar surface area (TPSA) is 64.6 Å². The van der Waals surface area contributed by atoms with Crippen LogP contribution in [0, 0.1) is 0 Å². The Labute approximate surface area is 118 Å². The molecule has 108 valence electrons. The van der Waals surface area contributed by atoms with E-state index in [4.69, 9.17) is 21.1 Å². The van der Waals surface area contributed by atoms with E-state index in [0.717, 1.165) is 0 Å². The summed E-state index contributed by atoms with van der Waals surface area (Å²) in [5.41, 5.74) is 0.368. The zero-order chi connectivity index (χ0) is 14.3. The van der Waals surface area contributed by atoms with Crippen molar-refractivity contribution in [1.82, 2.24) is 0 Å². The molecule has 0 aliphatic heterocycles. The van der Waals surface area contributed by atoms with Gasteiger partial charge < -0.3 is 9.47 Å². The number of sulfonamides is 1. The maximum Gasteiger partial charge on any atom is 0.232 e. The van der Waals surface area contributed by atoms with Gasteiger partial charge in [-0.15, -0.1) is 11.6 Å². The first-order chi connectivity index (χ1) is 9.02. The normalized spacial score (nSPS) is 11.1. The number of benzene rings is 1. The number of halogens is 1. The molecule has 1 N–H and O–H groups in total. The predicted octanol–water partition coefficient (Wildman–Crippen LogP) is 2.46. The third-order valence-corrected chi connectivity index (χ3v) is 4.09. The lowest BCUT2D eigenvalue weighted by Crippen LogP contribution is -2.17. The molecular weight excluding hydrogens is 290 g/mol. The van der Waals surface area contributed by atoms with Crippen molar-refractivity contribution in [2.75, 3.05) is 30.6 Å². The molecule has 0 bridgehead atoms. The highest BCUT2D eigenvalue weighted by molar-refractivity contribution is 7.92. The minimum Gasteiger partial charge on any atom is -0.497 e. The zero-order valence-electron chi connectivity index (χ0n) is 11.0. The first-order valence-electron chi connectivity index (χ1n) is 5.81. The minimum atomic E-state index is -3.41. The van der Waals surface area contributed by atoms with Crippen LogP contribution in [0.5, 0.6) is 11.5 Å². The second-order valence-corrected chi connectivity index (χ2v) is 6.10. The summed E-state index contributed by atoms with van der Waals surface area (Å²) >= 11 is 5.53. The van der Waals surface area contributed by atoms with E-state index in [1.807, 2.05) is 0 Å². The highest BCUT2D eigenvalue weighted by atomic mass is 35.5. The average Bonchev–Trinajstić information content (AvgIpc) is 2.38. The summed E-state index contributed by atoms with van der Waals surface area (Å²) in [6.07, 6.45) is 1.18. The second kappa shape index (κ2) is 7.45. The molecule has 0 aromatic heterocycles. The van der Waals surface area contributed by atoms with Gasteiger partial charge >= 0.3 is 0 Å². The lowest BCUT2D eigenvalue weighted by atomic mass is 10.3. The van der Waals surface area contributed by atoms with Gasteiger partial charge in [0.05, 0.1) is 25.7 Å². The van der Waals surface area contributed by atoms with Gasteiger partial charge in [-0.05, 0) is 25.0 Å². The monoisotopic (exact) mass is 307 g/mol. The zero-order valence-corrected chi connectivity index (χ0v) is 12.6. The molecule has 0 heterocycles. The van der Waals surface area contributed by atoms with E-state index in [1.165, 1.54) is 14.2 Å². The van der Waals surface area contributed by atoms with Gasteiger partial charge in [0.1, 0.15) is 11.5 Å². The van der Waals surface area contributed by atoms with Gasteiger partial charge in [0.15, 0.2) is 0 Å². The number of anilines is 1. The molecule has 0 aliphatic carbocycles. The number of hydrogen-bond donors (Lipinski definition) is 1. The van der Waals surface area contributed by atoms with E-state index in [2.05, 4.69) is 4.72 Å². The molecule has 0 radical (unpaired) electrons. The van der Waals surface area contributed by atoms with Crippen LogP contribution in [0.1, 0.15) is 12.8 Å². The van der Waals surface area contributed by atoms with Crippen molar-refractivity contribution < 1.29 is 17.9 Å². The summed E-state index contributed by atoms with van der Waals surface area (Å²) in [7, 11) is -0.415. The quantitative estimate of drug-likeness (QED) is 0.592. The maximum atomic E-state index is 11.9. The van der Waals surface area contributed by atoms with Crippen LogP contribution in [0.3, 0.4) is 0 Å². The van der Waals surface area contributed by atoms with Gasteiger partial charge in [0.25, 0.3) is 0 Å². The van der Waals surface area contributed by atoms with E-state index >= 15 is 0 Å². The Morgan fingerprint density at radius 1 is 1.21 bits per heavy atom. The van der Waals surface area contributed by atoms with Crippen LogP contribution >= 0.6 is 11.6 Å². The molecule has 1 rings (SSSR count). The number of alkyl halides is 1. The fourth-order valence-electron chi connectivity index (χ4n) is 1.50. The van der Waals surface area contributed by atoms with Crippen LogP contribution in [0.2, 0.25) is 0 Å². The standard InChI is InChI=1S/C12H18ClNO4S/c1-17-10-5-6-12(18-2)11(9-10)14-19(15,16)8-4-3-7-13/h5-6,9,14H,3-4,7-8H2,1-2H3. The molecule has 7 heteroatoms. The van der Waals surface area contributed by atoms with Crippen LogP contribution in [-0.2, 0) is 10.0 Å². The summed E-state index contributed by atoms with van der Waals surface area (Å²) in [4.78, 5) is 0. The van der Waals surface area contributed by atoms with E-state index in [9.17, 15) is 8.42 Å². The first kappa shape index (κ1) is 15.9. The molecule has 19 heavy (non-hydrogen) atoms. The smallest absolute Gasteiger partial charge is 0.232 e. The summed E-state index contributed by atoms with van der Waals surface area (Å²) in [5.74, 6) is 1.49. The van der Waals surface area contributed by atoms with Crippen LogP contribution < -0.4 is 14.2 Å². The number of ether oxygens (including phenoxy) is 2. The molecule has 0 amide bonds. The number of hydrogen-bond acceptors (Lipinski definition) is 4. The second-order valence-electron chi connectivity index (χ2n) is 3.88. The molecule has 0 atom stereocenters. The van der Waals surface area contributed by atoms with Crippen molar-refractivity contribution >= 4 is 27.3 Å². The van der Waals surface area contributed by atoms with Crippen LogP contribution in [0.15, 0.2) is 18.2 Å². The molecule has 5 nitrogen and oxygen atoms in total. The summed E-state index contributed by atoms with van der Waals surface area (Å²) < 4.78 is 36.5. The summed E-state index contributed by atoms with van der Waals surface area (Å²) in [6, 6.07) is 4.93. The Hall–Kier alpha value is -1.14. The number of rotatable bonds is 8. The summed E-state index contributed by atoms with van der Waals surface area (Å²) in [5, 5.41) is 0. The Kier molecular flexibility index (Phi) is 6.24. The number of unbranched alkanes of at least 4 members (excludes halogenated alkanes) is 1. The third kappa shape index (κ3) is 5.16. The Morgan fingerprint density at radius 2 is 1.95 bits per heavy atom. The van der Waals surface area contributed by atoms with Gasteiger partial charge in [0, 0.05) is 11.9 Å². The molecule has 0 saturated carbocycles. The fraction of sp³-hybridized carbons (Fsp3) is 0.500. The number of methoxy groups -OCH3 is 2. The fourth-order valence-corrected chi connectivity index (χ4v) is 2.87. The van der Waals surface area contributed by atoms with Crippen LogP contribution in [0.4, 0.5) is 5.69 Å². The highest BCUT2D eigenvalue weighted by Gasteiger charge is 2.14. The van der Waals surface area contributed by atoms with Crippen molar-refractivity contribution in [2.45, 2.75) is 12.8 Å². The number of nitrogens with one attached hydrogen (secondary N) is 1. The largest absolute Gasteiger partial charge is 0.497 e. The Morgan fingerprint density at radius 3 is 2.53 bits per heavy atom. The Bertz CT molecular complexity index is 504. The van der Waals surface area contributed by atoms with E-state index in [1.54, 1.807) is 18.2 Å². The lowest BCUT2D eigenvalue weighted by molar-refractivity contribution is 0.405. The summed E-state index contributed by atoms with van der Waals surface area (Å²) in [6.45, 7) is 0. The predicted molar refractivity (Wildman–Crippen MR) is 76.9 cm³/mol. The van der Waals surface area contributed by atoms with E-state index in [0.29, 0.717) is 35.9 Å². The average molecular weight is 308 g/mol. The molecule has 0 aliphatic rings. The van der Waals surface area contributed by atoms with E-state index in [-0.39, 0.29) is 5.75 Å². The van der Waals surface area contributed by atoms with Gasteiger partial charge in [-0.25, -0.2) is 8.42 Å². The highest BCUT2D eigenvalue weighted by Crippen LogP contribution is 2.29. The van der Waals surface area contributed by atoms with Crippen molar-refractivity contribution in [1.29, 1.82) is 0 Å². The van der Waals surface area contributed by atoms with Crippen molar-refractivity contribution in [2.24, 2.45) is 0 Å². The SMILES string of the molecule is COc1ccc(OC)c(NS(=O)(=O)CCCCCl)c1. The molecule has 0 fully saturated rings. The van der Waals surface area contributed by atoms with Crippen molar-refractivity contribution in [3.8, 4) is 11.5 Å². The molecule has 1 aromatic rings. The third-order valence-electron chi connectivity index (χ3n) is 2.47. The van der Waals surface area contributed by atoms with E-state index < -0.39 is 10.0 Å². The van der Waals surface area contributed by atoms with Crippen LogP contribution in [0.25, 0.3) is 0 Å². The maximum absolute atomic E-state index is 11.9. The molecule has 0 unspecified atom stereocenters. The van der Waals surface area contributed by atoms with Gasteiger partial charge in [-0.3, -0.25) is 4.72 Å². The molecule has 0 saturated heterocycles. The van der Waals surface area contributed by atoms with Crippen molar-refractivity contribution in [3.63, 3.8) is 0 Å². The van der Waals surface area contributed by atoms with Gasteiger partial charge in [0.2, 0.25) is 10.0 Å². The minimum absolute atomic E-state index is 0.0279. The van der Waals surface area contributed by atoms with Crippen LogP contribution in [-0.4, -0.2) is 34.3 Å². The Balaban J connectivity index is 2.84. The first-order valence-corrected chi connectivity index (χ1v) is 7.99.